The van der Waals surface area contributed by atoms with Crippen LogP contribution in [0.2, 0.25) is 0 Å². The lowest BCUT2D eigenvalue weighted by Crippen LogP contribution is -2.34. The summed E-state index contributed by atoms with van der Waals surface area (Å²) >= 11 is 0. The summed E-state index contributed by atoms with van der Waals surface area (Å²) < 4.78 is 17.8. The molecule has 0 fully saturated rings. The molecular formula is C36H36O4. The number of methoxy groups -OCH3 is 2. The summed E-state index contributed by atoms with van der Waals surface area (Å²) in [6.07, 6.45) is 6.25. The highest BCUT2D eigenvalue weighted by Crippen LogP contribution is 2.42. The number of hydrogen-bond acceptors (Lipinski definition) is 4. The SMILES string of the molecule is C=C/C=C(\C=C)C(OCCc1ccc(-c2ccc(CO)cc2)cc1)(c1ccc(OC)cc1)c1ccc(OC)cc1. The van der Waals surface area contributed by atoms with E-state index in [4.69, 9.17) is 14.2 Å². The molecule has 0 aliphatic carbocycles. The predicted molar refractivity (Wildman–Crippen MR) is 163 cm³/mol. The van der Waals surface area contributed by atoms with Crippen LogP contribution in [-0.2, 0) is 23.4 Å². The summed E-state index contributed by atoms with van der Waals surface area (Å²) in [4.78, 5) is 0. The minimum atomic E-state index is -0.928. The maximum atomic E-state index is 9.31. The molecule has 0 amide bonds. The number of aliphatic hydroxyl groups excluding tert-OH is 1. The largest absolute Gasteiger partial charge is 0.497 e. The highest BCUT2D eigenvalue weighted by Gasteiger charge is 2.38. The maximum absolute atomic E-state index is 9.31. The molecule has 0 spiro atoms. The molecule has 4 rings (SSSR count). The van der Waals surface area contributed by atoms with Crippen LogP contribution in [0, 0.1) is 0 Å². The van der Waals surface area contributed by atoms with Crippen LogP contribution in [0.5, 0.6) is 11.5 Å². The summed E-state index contributed by atoms with van der Waals surface area (Å²) in [5.41, 5.74) is 6.16. The van der Waals surface area contributed by atoms with E-state index in [-0.39, 0.29) is 6.61 Å². The van der Waals surface area contributed by atoms with Crippen LogP contribution in [0.15, 0.2) is 134 Å². The quantitative estimate of drug-likeness (QED) is 0.180. The molecule has 0 unspecified atom stereocenters. The molecule has 4 aromatic rings. The van der Waals surface area contributed by atoms with E-state index in [1.807, 2.05) is 84.9 Å². The molecule has 0 bridgehead atoms. The van der Waals surface area contributed by atoms with Gasteiger partial charge in [-0.1, -0.05) is 104 Å². The molecule has 0 aromatic heterocycles. The zero-order chi connectivity index (χ0) is 28.4. The number of benzene rings is 4. The lowest BCUT2D eigenvalue weighted by atomic mass is 9.79. The van der Waals surface area contributed by atoms with Gasteiger partial charge in [-0.15, -0.1) is 0 Å². The lowest BCUT2D eigenvalue weighted by Gasteiger charge is -2.37. The molecule has 0 atom stereocenters. The van der Waals surface area contributed by atoms with Gasteiger partial charge >= 0.3 is 0 Å². The molecule has 4 heteroatoms. The van der Waals surface area contributed by atoms with Crippen LogP contribution in [0.25, 0.3) is 11.1 Å². The Balaban J connectivity index is 1.66. The van der Waals surface area contributed by atoms with Crippen LogP contribution < -0.4 is 9.47 Å². The molecule has 0 radical (unpaired) electrons. The van der Waals surface area contributed by atoms with Gasteiger partial charge < -0.3 is 19.3 Å². The maximum Gasteiger partial charge on any atom is 0.143 e. The number of allylic oxidation sites excluding steroid dienone is 2. The molecule has 40 heavy (non-hydrogen) atoms. The van der Waals surface area contributed by atoms with E-state index in [0.29, 0.717) is 6.61 Å². The van der Waals surface area contributed by atoms with E-state index < -0.39 is 5.60 Å². The first-order valence-electron chi connectivity index (χ1n) is 13.3. The van der Waals surface area contributed by atoms with Gasteiger partial charge in [0, 0.05) is 0 Å². The van der Waals surface area contributed by atoms with Gasteiger partial charge in [0.15, 0.2) is 0 Å². The van der Waals surface area contributed by atoms with E-state index in [1.54, 1.807) is 20.3 Å². The van der Waals surface area contributed by atoms with Crippen molar-refractivity contribution in [3.8, 4) is 22.6 Å². The fourth-order valence-electron chi connectivity index (χ4n) is 4.85. The lowest BCUT2D eigenvalue weighted by molar-refractivity contribution is 0.0142. The van der Waals surface area contributed by atoms with Gasteiger partial charge in [-0.25, -0.2) is 0 Å². The Labute approximate surface area is 237 Å². The van der Waals surface area contributed by atoms with Crippen molar-refractivity contribution in [2.75, 3.05) is 20.8 Å². The van der Waals surface area contributed by atoms with E-state index >= 15 is 0 Å². The van der Waals surface area contributed by atoms with Gasteiger partial charge in [0.2, 0.25) is 0 Å². The van der Waals surface area contributed by atoms with Gasteiger partial charge in [0.05, 0.1) is 27.4 Å². The summed E-state index contributed by atoms with van der Waals surface area (Å²) in [7, 11) is 3.31. The second-order valence-corrected chi connectivity index (χ2v) is 9.35. The first kappa shape index (κ1) is 28.6. The van der Waals surface area contributed by atoms with Gasteiger partial charge in [0.25, 0.3) is 0 Å². The zero-order valence-corrected chi connectivity index (χ0v) is 23.2. The van der Waals surface area contributed by atoms with E-state index in [1.165, 1.54) is 5.56 Å². The van der Waals surface area contributed by atoms with E-state index in [2.05, 4.69) is 37.4 Å². The van der Waals surface area contributed by atoms with Crippen molar-refractivity contribution in [3.05, 3.63) is 156 Å². The molecule has 4 aromatic carbocycles. The number of rotatable bonds is 13. The van der Waals surface area contributed by atoms with Gasteiger partial charge in [-0.3, -0.25) is 0 Å². The molecule has 4 nitrogen and oxygen atoms in total. The average molecular weight is 533 g/mol. The molecular weight excluding hydrogens is 496 g/mol. The van der Waals surface area contributed by atoms with Gasteiger partial charge in [0.1, 0.15) is 17.1 Å². The molecule has 0 saturated carbocycles. The monoisotopic (exact) mass is 532 g/mol. The van der Waals surface area contributed by atoms with Gasteiger partial charge in [-0.05, 0) is 69.6 Å². The molecule has 0 aliphatic heterocycles. The van der Waals surface area contributed by atoms with Crippen molar-refractivity contribution >= 4 is 0 Å². The van der Waals surface area contributed by atoms with Crippen molar-refractivity contribution < 1.29 is 19.3 Å². The van der Waals surface area contributed by atoms with Crippen molar-refractivity contribution in [1.29, 1.82) is 0 Å². The second-order valence-electron chi connectivity index (χ2n) is 9.35. The van der Waals surface area contributed by atoms with E-state index in [0.717, 1.165) is 51.3 Å². The van der Waals surface area contributed by atoms with Crippen molar-refractivity contribution in [2.45, 2.75) is 18.6 Å². The predicted octanol–water partition coefficient (Wildman–Crippen LogP) is 7.66. The smallest absolute Gasteiger partial charge is 0.143 e. The van der Waals surface area contributed by atoms with Crippen LogP contribution in [0.1, 0.15) is 22.3 Å². The number of hydrogen-bond donors (Lipinski definition) is 1. The third-order valence-corrected chi connectivity index (χ3v) is 7.05. The standard InChI is InChI=1S/C36H36O4/c1-5-7-31(6-2)36(32-16-20-34(38-3)21-17-32,33-18-22-35(39-4)23-19-33)40-25-24-27-8-12-29(13-9-27)30-14-10-28(26-37)11-15-30/h5-23,37H,1-2,24-26H2,3-4H3/b31-7+. The fraction of sp³-hybridized carbons (Fsp3) is 0.167. The van der Waals surface area contributed by atoms with Gasteiger partial charge in [-0.2, -0.15) is 0 Å². The van der Waals surface area contributed by atoms with Crippen LogP contribution in [-0.4, -0.2) is 25.9 Å². The fourth-order valence-corrected chi connectivity index (χ4v) is 4.85. The Morgan fingerprint density at radius 1 is 0.700 bits per heavy atom. The Hall–Kier alpha value is -4.38. The number of ether oxygens (including phenoxy) is 3. The number of aliphatic hydroxyl groups is 1. The topological polar surface area (TPSA) is 47.9 Å². The molecule has 1 N–H and O–H groups in total. The molecule has 0 saturated heterocycles. The third-order valence-electron chi connectivity index (χ3n) is 7.05. The Morgan fingerprint density at radius 2 is 1.18 bits per heavy atom. The Morgan fingerprint density at radius 3 is 1.57 bits per heavy atom. The molecule has 0 aliphatic rings. The second kappa shape index (κ2) is 13.6. The minimum absolute atomic E-state index is 0.0450. The minimum Gasteiger partial charge on any atom is -0.497 e. The van der Waals surface area contributed by atoms with Crippen LogP contribution >= 0.6 is 0 Å². The highest BCUT2D eigenvalue weighted by molar-refractivity contribution is 5.64. The summed E-state index contributed by atoms with van der Waals surface area (Å²) in [5, 5.41) is 9.31. The van der Waals surface area contributed by atoms with Crippen molar-refractivity contribution in [3.63, 3.8) is 0 Å². The first-order chi connectivity index (χ1) is 19.6. The highest BCUT2D eigenvalue weighted by atomic mass is 16.5. The average Bonchev–Trinajstić information content (AvgIpc) is 3.03. The normalized spacial score (nSPS) is 11.6. The first-order valence-corrected chi connectivity index (χ1v) is 13.3. The third kappa shape index (κ3) is 6.26. The van der Waals surface area contributed by atoms with Crippen LogP contribution in [0.3, 0.4) is 0 Å². The summed E-state index contributed by atoms with van der Waals surface area (Å²) in [6.45, 7) is 8.57. The van der Waals surface area contributed by atoms with Crippen molar-refractivity contribution in [1.82, 2.24) is 0 Å². The summed E-state index contributed by atoms with van der Waals surface area (Å²) in [6, 6.07) is 32.3. The summed E-state index contributed by atoms with van der Waals surface area (Å²) in [5.74, 6) is 1.54. The van der Waals surface area contributed by atoms with Crippen LogP contribution in [0.4, 0.5) is 0 Å². The van der Waals surface area contributed by atoms with E-state index in [9.17, 15) is 5.11 Å². The zero-order valence-electron chi connectivity index (χ0n) is 23.2. The Kier molecular flexibility index (Phi) is 9.74. The molecule has 204 valence electrons. The Bertz CT molecular complexity index is 1370. The van der Waals surface area contributed by atoms with Crippen molar-refractivity contribution in [2.24, 2.45) is 0 Å². The molecule has 0 heterocycles.